The molecule has 242 valence electrons. The molecule has 4 heteroatoms. The van der Waals surface area contributed by atoms with E-state index in [0.29, 0.717) is 0 Å². The zero-order valence-corrected chi connectivity index (χ0v) is 27.9. The van der Waals surface area contributed by atoms with Crippen LogP contribution in [-0.4, -0.2) is 9.13 Å². The zero-order chi connectivity index (χ0) is 33.9. The molecular weight excluding hydrogens is 637 g/mol. The Morgan fingerprint density at radius 2 is 0.904 bits per heavy atom. The fraction of sp³-hybridized carbons (Fsp3) is 0. The number of fused-ring (bicyclic) bond motifs is 12. The zero-order valence-electron chi connectivity index (χ0n) is 27.9. The van der Waals surface area contributed by atoms with Crippen LogP contribution >= 0.6 is 0 Å². The van der Waals surface area contributed by atoms with Crippen molar-refractivity contribution < 1.29 is 8.83 Å². The maximum Gasteiger partial charge on any atom is 0.136 e. The third-order valence-electron chi connectivity index (χ3n) is 10.9. The van der Waals surface area contributed by atoms with Gasteiger partial charge in [-0.05, 0) is 90.0 Å². The van der Waals surface area contributed by atoms with E-state index in [1.54, 1.807) is 0 Å². The fourth-order valence-electron chi connectivity index (χ4n) is 8.65. The predicted octanol–water partition coefficient (Wildman–Crippen LogP) is 13.3. The van der Waals surface area contributed by atoms with Crippen molar-refractivity contribution >= 4 is 87.5 Å². The van der Waals surface area contributed by atoms with Crippen LogP contribution in [0.4, 0.5) is 0 Å². The van der Waals surface area contributed by atoms with Gasteiger partial charge < -0.3 is 18.0 Å². The molecule has 12 aromatic rings. The van der Waals surface area contributed by atoms with Gasteiger partial charge in [-0.2, -0.15) is 0 Å². The molecule has 0 amide bonds. The predicted molar refractivity (Wildman–Crippen MR) is 215 cm³/mol. The second-order valence-electron chi connectivity index (χ2n) is 13.7. The molecule has 0 spiro atoms. The SMILES string of the molecule is c1ccc(-n2c3ccccc3c3cc4c(cc32)c2ccccc2n4-c2ccc3oc4cccc(-c5ccc6c(c5)oc5ccccc56)c4c3c2)cc1. The third kappa shape index (κ3) is 3.75. The summed E-state index contributed by atoms with van der Waals surface area (Å²) in [6, 6.07) is 60.6. The number of furan rings is 2. The average Bonchev–Trinajstić information content (AvgIpc) is 3.94. The van der Waals surface area contributed by atoms with Gasteiger partial charge in [0, 0.05) is 54.5 Å². The van der Waals surface area contributed by atoms with Gasteiger partial charge in [-0.25, -0.2) is 0 Å². The molecule has 8 aromatic carbocycles. The van der Waals surface area contributed by atoms with Crippen LogP contribution in [0.25, 0.3) is 110 Å². The Hall–Kier alpha value is -7.04. The van der Waals surface area contributed by atoms with Gasteiger partial charge in [-0.15, -0.1) is 0 Å². The van der Waals surface area contributed by atoms with E-state index in [0.717, 1.165) is 66.4 Å². The monoisotopic (exact) mass is 664 g/mol. The molecule has 4 heterocycles. The van der Waals surface area contributed by atoms with E-state index in [9.17, 15) is 0 Å². The summed E-state index contributed by atoms with van der Waals surface area (Å²) in [5.74, 6) is 0. The third-order valence-corrected chi connectivity index (χ3v) is 10.9. The van der Waals surface area contributed by atoms with Crippen LogP contribution in [0.15, 0.2) is 179 Å². The van der Waals surface area contributed by atoms with Gasteiger partial charge in [0.2, 0.25) is 0 Å². The Balaban J connectivity index is 1.12. The molecule has 0 aliphatic carbocycles. The molecule has 0 radical (unpaired) electrons. The summed E-state index contributed by atoms with van der Waals surface area (Å²) >= 11 is 0. The van der Waals surface area contributed by atoms with E-state index in [-0.39, 0.29) is 0 Å². The van der Waals surface area contributed by atoms with Gasteiger partial charge in [0.05, 0.1) is 22.1 Å². The number of hydrogen-bond acceptors (Lipinski definition) is 2. The van der Waals surface area contributed by atoms with Crippen molar-refractivity contribution in [1.29, 1.82) is 0 Å². The lowest BCUT2D eigenvalue weighted by molar-refractivity contribution is 0.668. The summed E-state index contributed by atoms with van der Waals surface area (Å²) < 4.78 is 17.6. The smallest absolute Gasteiger partial charge is 0.136 e. The lowest BCUT2D eigenvalue weighted by Gasteiger charge is -2.10. The second-order valence-corrected chi connectivity index (χ2v) is 13.7. The summed E-state index contributed by atoms with van der Waals surface area (Å²) in [6.07, 6.45) is 0. The van der Waals surface area contributed by atoms with Crippen molar-refractivity contribution in [1.82, 2.24) is 9.13 Å². The Labute approximate surface area is 296 Å². The van der Waals surface area contributed by atoms with Crippen molar-refractivity contribution in [2.24, 2.45) is 0 Å². The minimum atomic E-state index is 0.866. The minimum Gasteiger partial charge on any atom is -0.456 e. The van der Waals surface area contributed by atoms with Crippen LogP contribution in [0, 0.1) is 0 Å². The highest BCUT2D eigenvalue weighted by Gasteiger charge is 2.20. The van der Waals surface area contributed by atoms with Gasteiger partial charge in [0.1, 0.15) is 22.3 Å². The highest BCUT2D eigenvalue weighted by Crippen LogP contribution is 2.42. The molecule has 0 saturated heterocycles. The van der Waals surface area contributed by atoms with E-state index in [4.69, 9.17) is 8.83 Å². The Bertz CT molecular complexity index is 3410. The molecular formula is C48H28N2O2. The standard InChI is InChI=1S/C48H28N2O2/c1-2-11-30(12-3-1)49-40-17-7-4-13-33(40)37-28-43-38(27-42(37)49)34-14-5-8-18-41(34)50(43)31-22-24-45-39(26-31)48-32(16-10-20-46(48)51-45)29-21-23-36-35-15-6-9-19-44(35)52-47(36)25-29/h1-28H. The van der Waals surface area contributed by atoms with Gasteiger partial charge in [0.25, 0.3) is 0 Å². The highest BCUT2D eigenvalue weighted by molar-refractivity contribution is 6.20. The van der Waals surface area contributed by atoms with Crippen LogP contribution in [-0.2, 0) is 0 Å². The number of hydrogen-bond donors (Lipinski definition) is 0. The van der Waals surface area contributed by atoms with Crippen molar-refractivity contribution in [3.8, 4) is 22.5 Å². The normalized spacial score (nSPS) is 12.2. The van der Waals surface area contributed by atoms with Crippen LogP contribution in [0.3, 0.4) is 0 Å². The lowest BCUT2D eigenvalue weighted by Crippen LogP contribution is -1.94. The maximum absolute atomic E-state index is 6.51. The molecule has 0 fully saturated rings. The van der Waals surface area contributed by atoms with Crippen LogP contribution in [0.5, 0.6) is 0 Å². The van der Waals surface area contributed by atoms with Gasteiger partial charge >= 0.3 is 0 Å². The Morgan fingerprint density at radius 3 is 1.67 bits per heavy atom. The van der Waals surface area contributed by atoms with Crippen molar-refractivity contribution in [2.75, 3.05) is 0 Å². The van der Waals surface area contributed by atoms with E-state index in [1.807, 2.05) is 12.1 Å². The maximum atomic E-state index is 6.51. The summed E-state index contributed by atoms with van der Waals surface area (Å²) in [4.78, 5) is 0. The molecule has 4 nitrogen and oxygen atoms in total. The number of nitrogens with zero attached hydrogens (tertiary/aromatic N) is 2. The first-order chi connectivity index (χ1) is 25.8. The van der Waals surface area contributed by atoms with E-state index in [1.165, 1.54) is 43.6 Å². The molecule has 0 bridgehead atoms. The summed E-state index contributed by atoms with van der Waals surface area (Å²) in [6.45, 7) is 0. The van der Waals surface area contributed by atoms with E-state index >= 15 is 0 Å². The molecule has 4 aromatic heterocycles. The van der Waals surface area contributed by atoms with Crippen LogP contribution in [0.1, 0.15) is 0 Å². The second kappa shape index (κ2) is 10.3. The fourth-order valence-corrected chi connectivity index (χ4v) is 8.65. The van der Waals surface area contributed by atoms with Gasteiger partial charge in [-0.3, -0.25) is 0 Å². The molecule has 0 aliphatic rings. The average molecular weight is 665 g/mol. The van der Waals surface area contributed by atoms with Gasteiger partial charge in [-0.1, -0.05) is 91.0 Å². The Kier molecular flexibility index (Phi) is 5.47. The molecule has 0 atom stereocenters. The van der Waals surface area contributed by atoms with Crippen molar-refractivity contribution in [2.45, 2.75) is 0 Å². The molecule has 0 saturated carbocycles. The largest absolute Gasteiger partial charge is 0.456 e. The molecule has 52 heavy (non-hydrogen) atoms. The summed E-state index contributed by atoms with van der Waals surface area (Å²) in [5.41, 5.74) is 12.7. The van der Waals surface area contributed by atoms with Crippen LogP contribution < -0.4 is 0 Å². The first kappa shape index (κ1) is 27.7. The number of para-hydroxylation sites is 4. The van der Waals surface area contributed by atoms with Gasteiger partial charge in [0.15, 0.2) is 0 Å². The molecule has 12 rings (SSSR count). The quantitative estimate of drug-likeness (QED) is 0.188. The van der Waals surface area contributed by atoms with E-state index in [2.05, 4.69) is 167 Å². The molecule has 0 unspecified atom stereocenters. The highest BCUT2D eigenvalue weighted by atomic mass is 16.3. The Morgan fingerprint density at radius 1 is 0.308 bits per heavy atom. The van der Waals surface area contributed by atoms with Crippen molar-refractivity contribution in [3.05, 3.63) is 170 Å². The van der Waals surface area contributed by atoms with Crippen molar-refractivity contribution in [3.63, 3.8) is 0 Å². The number of aromatic nitrogens is 2. The number of benzene rings is 8. The van der Waals surface area contributed by atoms with E-state index < -0.39 is 0 Å². The van der Waals surface area contributed by atoms with Crippen LogP contribution in [0.2, 0.25) is 0 Å². The first-order valence-electron chi connectivity index (χ1n) is 17.7. The molecule has 0 N–H and O–H groups in total. The topological polar surface area (TPSA) is 36.1 Å². The number of rotatable bonds is 3. The molecule has 0 aliphatic heterocycles. The lowest BCUT2D eigenvalue weighted by atomic mass is 9.98. The summed E-state index contributed by atoms with van der Waals surface area (Å²) in [7, 11) is 0. The first-order valence-corrected chi connectivity index (χ1v) is 17.7. The minimum absolute atomic E-state index is 0.866. The summed E-state index contributed by atoms with van der Waals surface area (Å²) in [5, 5.41) is 9.36.